The van der Waals surface area contributed by atoms with Crippen LogP contribution in [0.2, 0.25) is 0 Å². The van der Waals surface area contributed by atoms with E-state index >= 15 is 0 Å². The molecule has 3 rings (SSSR count). The molecule has 1 amide bonds. The number of hydrogen-bond donors (Lipinski definition) is 0. The van der Waals surface area contributed by atoms with Crippen LogP contribution in [0.25, 0.3) is 6.08 Å². The van der Waals surface area contributed by atoms with Gasteiger partial charge >= 0.3 is 0 Å². The average Bonchev–Trinajstić information content (AvgIpc) is 2.94. The van der Waals surface area contributed by atoms with Crippen molar-refractivity contribution in [3.63, 3.8) is 0 Å². The van der Waals surface area contributed by atoms with E-state index in [1.807, 2.05) is 12.1 Å². The lowest BCUT2D eigenvalue weighted by molar-refractivity contribution is -0.113. The smallest absolute Gasteiger partial charge is 0.270 e. The number of hydrogen-bond acceptors (Lipinski definition) is 6. The van der Waals surface area contributed by atoms with Gasteiger partial charge in [0.2, 0.25) is 0 Å². The number of benzene rings is 2. The fraction of sp³-hybridized carbons (Fsp3) is 0.158. The van der Waals surface area contributed by atoms with E-state index in [1.165, 1.54) is 16.7 Å². The molecule has 1 aliphatic heterocycles. The predicted octanol–water partition coefficient (Wildman–Crippen LogP) is 4.12. The van der Waals surface area contributed by atoms with E-state index in [0.717, 1.165) is 11.3 Å². The van der Waals surface area contributed by atoms with Crippen LogP contribution < -0.4 is 19.1 Å². The maximum atomic E-state index is 12.8. The molecular weight excluding hydrogens is 370 g/mol. The van der Waals surface area contributed by atoms with Gasteiger partial charge in [-0.15, -0.1) is 0 Å². The number of methoxy groups -OCH3 is 3. The van der Waals surface area contributed by atoms with Crippen LogP contribution in [0.1, 0.15) is 5.56 Å². The first kappa shape index (κ1) is 18.3. The van der Waals surface area contributed by atoms with Crippen molar-refractivity contribution < 1.29 is 19.0 Å². The molecule has 0 N–H and O–H groups in total. The van der Waals surface area contributed by atoms with Crippen molar-refractivity contribution >= 4 is 46.0 Å². The molecule has 0 aliphatic carbocycles. The third-order valence-corrected chi connectivity index (χ3v) is 5.10. The number of ether oxygens (including phenoxy) is 3. The highest BCUT2D eigenvalue weighted by molar-refractivity contribution is 8.27. The monoisotopic (exact) mass is 387 g/mol. The molecule has 5 nitrogen and oxygen atoms in total. The number of carbonyl (C=O) groups is 1. The van der Waals surface area contributed by atoms with Gasteiger partial charge in [0.15, 0.2) is 4.32 Å². The molecule has 0 unspecified atom stereocenters. The summed E-state index contributed by atoms with van der Waals surface area (Å²) in [6.07, 6.45) is 1.79. The van der Waals surface area contributed by atoms with Gasteiger partial charge in [-0.05, 0) is 48.0 Å². The van der Waals surface area contributed by atoms with Gasteiger partial charge in [-0.1, -0.05) is 24.0 Å². The first-order valence-corrected chi connectivity index (χ1v) is 8.93. The van der Waals surface area contributed by atoms with E-state index < -0.39 is 0 Å². The Kier molecular flexibility index (Phi) is 5.49. The minimum Gasteiger partial charge on any atom is -0.497 e. The summed E-state index contributed by atoms with van der Waals surface area (Å²) in [6, 6.07) is 12.7. The third-order valence-electron chi connectivity index (χ3n) is 3.80. The Balaban J connectivity index is 1.91. The lowest BCUT2D eigenvalue weighted by Gasteiger charge is -2.14. The van der Waals surface area contributed by atoms with Crippen LogP contribution in [0.15, 0.2) is 47.4 Å². The standard InChI is InChI=1S/C19H17NO4S2/c1-22-14-6-4-13(5-7-14)20-18(21)17(26-19(20)25)10-12-8-15(23-2)11-16(9-12)24-3/h4-11H,1-3H3. The van der Waals surface area contributed by atoms with Gasteiger partial charge in [-0.25, -0.2) is 0 Å². The molecule has 134 valence electrons. The number of thioether (sulfide) groups is 1. The molecule has 26 heavy (non-hydrogen) atoms. The number of anilines is 1. The fourth-order valence-corrected chi connectivity index (χ4v) is 3.78. The lowest BCUT2D eigenvalue weighted by atomic mass is 10.1. The van der Waals surface area contributed by atoms with Crippen molar-refractivity contribution in [1.82, 2.24) is 0 Å². The van der Waals surface area contributed by atoms with Gasteiger partial charge in [0.25, 0.3) is 5.91 Å². The molecule has 7 heteroatoms. The number of amides is 1. The van der Waals surface area contributed by atoms with E-state index in [4.69, 9.17) is 26.4 Å². The highest BCUT2D eigenvalue weighted by Gasteiger charge is 2.33. The summed E-state index contributed by atoms with van der Waals surface area (Å²) in [5.74, 6) is 1.87. The van der Waals surface area contributed by atoms with Crippen LogP contribution >= 0.6 is 24.0 Å². The first-order chi connectivity index (χ1) is 12.5. The van der Waals surface area contributed by atoms with Crippen LogP contribution in [0, 0.1) is 0 Å². The van der Waals surface area contributed by atoms with Gasteiger partial charge in [-0.2, -0.15) is 0 Å². The Morgan fingerprint density at radius 3 is 2.04 bits per heavy atom. The Bertz CT molecular complexity index is 855. The summed E-state index contributed by atoms with van der Waals surface area (Å²) >= 11 is 6.66. The number of thiocarbonyl (C=S) groups is 1. The van der Waals surface area contributed by atoms with Crippen molar-refractivity contribution in [2.24, 2.45) is 0 Å². The zero-order chi connectivity index (χ0) is 18.7. The van der Waals surface area contributed by atoms with Crippen molar-refractivity contribution in [3.05, 3.63) is 52.9 Å². The topological polar surface area (TPSA) is 48.0 Å². The van der Waals surface area contributed by atoms with Crippen molar-refractivity contribution in [3.8, 4) is 17.2 Å². The predicted molar refractivity (Wildman–Crippen MR) is 108 cm³/mol. The van der Waals surface area contributed by atoms with Crippen molar-refractivity contribution in [1.29, 1.82) is 0 Å². The number of nitrogens with zero attached hydrogens (tertiary/aromatic N) is 1. The molecule has 2 aromatic rings. The van der Waals surface area contributed by atoms with Gasteiger partial charge in [-0.3, -0.25) is 9.69 Å². The van der Waals surface area contributed by atoms with E-state index in [0.29, 0.717) is 26.4 Å². The Morgan fingerprint density at radius 1 is 0.923 bits per heavy atom. The average molecular weight is 387 g/mol. The van der Waals surface area contributed by atoms with Crippen LogP contribution in [-0.4, -0.2) is 31.6 Å². The fourth-order valence-electron chi connectivity index (χ4n) is 2.49. The molecule has 1 heterocycles. The second-order valence-corrected chi connectivity index (χ2v) is 7.04. The summed E-state index contributed by atoms with van der Waals surface area (Å²) in [7, 11) is 4.77. The summed E-state index contributed by atoms with van der Waals surface area (Å²) in [5, 5.41) is 0. The molecule has 1 fully saturated rings. The normalized spacial score (nSPS) is 15.5. The maximum Gasteiger partial charge on any atom is 0.270 e. The van der Waals surface area contributed by atoms with E-state index in [9.17, 15) is 4.79 Å². The largest absolute Gasteiger partial charge is 0.497 e. The quantitative estimate of drug-likeness (QED) is 0.568. The van der Waals surface area contributed by atoms with Crippen LogP contribution in [0.5, 0.6) is 17.2 Å². The second-order valence-electron chi connectivity index (χ2n) is 5.36. The van der Waals surface area contributed by atoms with Crippen LogP contribution in [-0.2, 0) is 4.79 Å². The molecule has 0 spiro atoms. The third kappa shape index (κ3) is 3.68. The molecule has 0 saturated carbocycles. The van der Waals surface area contributed by atoms with E-state index in [2.05, 4.69) is 0 Å². The molecule has 0 atom stereocenters. The summed E-state index contributed by atoms with van der Waals surface area (Å²) in [5.41, 5.74) is 1.51. The van der Waals surface area contributed by atoms with Gasteiger partial charge < -0.3 is 14.2 Å². The molecule has 0 radical (unpaired) electrons. The van der Waals surface area contributed by atoms with Crippen LogP contribution in [0.4, 0.5) is 5.69 Å². The zero-order valence-corrected chi connectivity index (χ0v) is 16.1. The van der Waals surface area contributed by atoms with E-state index in [-0.39, 0.29) is 5.91 Å². The molecule has 2 aromatic carbocycles. The van der Waals surface area contributed by atoms with Crippen molar-refractivity contribution in [2.45, 2.75) is 0 Å². The molecule has 0 aromatic heterocycles. The maximum absolute atomic E-state index is 12.8. The Morgan fingerprint density at radius 2 is 1.50 bits per heavy atom. The Hall–Kier alpha value is -2.51. The van der Waals surface area contributed by atoms with Crippen LogP contribution in [0.3, 0.4) is 0 Å². The number of carbonyl (C=O) groups excluding carboxylic acids is 1. The van der Waals surface area contributed by atoms with Gasteiger partial charge in [0.05, 0.1) is 31.9 Å². The van der Waals surface area contributed by atoms with Crippen molar-refractivity contribution in [2.75, 3.05) is 26.2 Å². The molecule has 1 aliphatic rings. The first-order valence-electron chi connectivity index (χ1n) is 7.71. The Labute approximate surface area is 161 Å². The molecule has 1 saturated heterocycles. The summed E-state index contributed by atoms with van der Waals surface area (Å²) < 4.78 is 16.2. The summed E-state index contributed by atoms with van der Waals surface area (Å²) in [4.78, 5) is 14.9. The minimum atomic E-state index is -0.160. The second kappa shape index (κ2) is 7.80. The number of rotatable bonds is 5. The SMILES string of the molecule is COc1ccc(N2C(=O)C(=Cc3cc(OC)cc(OC)c3)SC2=S)cc1. The zero-order valence-electron chi connectivity index (χ0n) is 14.5. The molecule has 0 bridgehead atoms. The highest BCUT2D eigenvalue weighted by atomic mass is 32.2. The van der Waals surface area contributed by atoms with Gasteiger partial charge in [0, 0.05) is 6.07 Å². The highest BCUT2D eigenvalue weighted by Crippen LogP contribution is 2.37. The minimum absolute atomic E-state index is 0.160. The molecular formula is C19H17NO4S2. The van der Waals surface area contributed by atoms with Gasteiger partial charge in [0.1, 0.15) is 17.2 Å². The van der Waals surface area contributed by atoms with E-state index in [1.54, 1.807) is 57.7 Å². The summed E-state index contributed by atoms with van der Waals surface area (Å²) in [6.45, 7) is 0. The lowest BCUT2D eigenvalue weighted by Crippen LogP contribution is -2.27.